The molecule has 7 aromatic carbocycles. The van der Waals surface area contributed by atoms with Gasteiger partial charge in [0.15, 0.2) is 0 Å². The molecule has 9 rings (SSSR count). The van der Waals surface area contributed by atoms with Gasteiger partial charge in [-0.2, -0.15) is 0 Å². The van der Waals surface area contributed by atoms with Crippen LogP contribution in [0.1, 0.15) is 5.56 Å². The van der Waals surface area contributed by atoms with Gasteiger partial charge in [-0.3, -0.25) is 9.20 Å². The van der Waals surface area contributed by atoms with E-state index in [4.69, 9.17) is 4.98 Å². The Balaban J connectivity index is 1.71. The normalized spacial score (nSPS) is 14.0. The fourth-order valence-electron chi connectivity index (χ4n) is 7.80. The molecular weight excluding hydrogens is 521 g/mol. The van der Waals surface area contributed by atoms with E-state index in [0.717, 1.165) is 38.4 Å². The minimum absolute atomic E-state index is 0.0666. The summed E-state index contributed by atoms with van der Waals surface area (Å²) in [6.45, 7) is 16.7. The van der Waals surface area contributed by atoms with Gasteiger partial charge in [0, 0.05) is 5.39 Å². The summed E-state index contributed by atoms with van der Waals surface area (Å²) in [4.78, 5) is 19.7. The van der Waals surface area contributed by atoms with E-state index in [9.17, 15) is 4.79 Å². The number of imidazole rings is 1. The molecule has 0 spiro atoms. The Morgan fingerprint density at radius 3 is 1.73 bits per heavy atom. The number of benzene rings is 6. The highest BCUT2D eigenvalue weighted by Gasteiger charge is 2.32. The van der Waals surface area contributed by atoms with Gasteiger partial charge in [-0.1, -0.05) is 92.1 Å². The Morgan fingerprint density at radius 2 is 1.15 bits per heavy atom. The standard InChI is InChI=1S/C35H30N2OSi2/c1-17-8-13-24-23(14-17)36-34-32-21-15-25(39(2,3)4)19-11-9-18-10-12-20-26(40(5,6)7)16-22(33(32)35(38)37(24)34)31-29(20)27(18)28(19)30(21)31/h8-16H,1-7H3. The van der Waals surface area contributed by atoms with Crippen LogP contribution < -0.4 is 15.9 Å². The summed E-state index contributed by atoms with van der Waals surface area (Å²) in [6, 6.07) is 20.5. The molecule has 3 nitrogen and oxygen atoms in total. The predicted octanol–water partition coefficient (Wildman–Crippen LogP) is 7.92. The average Bonchev–Trinajstić information content (AvgIpc) is 3.52. The molecule has 0 radical (unpaired) electrons. The maximum Gasteiger partial charge on any atom is 0.265 e. The molecule has 0 aliphatic rings. The summed E-state index contributed by atoms with van der Waals surface area (Å²) < 4.78 is 1.89. The lowest BCUT2D eigenvalue weighted by atomic mass is 9.95. The van der Waals surface area contributed by atoms with E-state index < -0.39 is 16.1 Å². The quantitative estimate of drug-likeness (QED) is 0.162. The van der Waals surface area contributed by atoms with Crippen molar-refractivity contribution in [3.63, 3.8) is 0 Å². The third-order valence-corrected chi connectivity index (χ3v) is 13.5. The van der Waals surface area contributed by atoms with Crippen molar-refractivity contribution in [2.75, 3.05) is 0 Å². The van der Waals surface area contributed by atoms with Gasteiger partial charge in [0.25, 0.3) is 5.56 Å². The summed E-state index contributed by atoms with van der Waals surface area (Å²) >= 11 is 0. The number of nitrogens with zero attached hydrogens (tertiary/aromatic N) is 2. The van der Waals surface area contributed by atoms with Gasteiger partial charge in [-0.25, -0.2) is 4.98 Å². The molecular formula is C35H30N2OSi2. The molecule has 0 bridgehead atoms. The predicted molar refractivity (Wildman–Crippen MR) is 179 cm³/mol. The Hall–Kier alpha value is -3.81. The highest BCUT2D eigenvalue weighted by atomic mass is 28.3. The van der Waals surface area contributed by atoms with Gasteiger partial charge >= 0.3 is 0 Å². The Bertz CT molecular complexity index is 2580. The lowest BCUT2D eigenvalue weighted by Crippen LogP contribution is -2.38. The summed E-state index contributed by atoms with van der Waals surface area (Å²) in [7, 11) is -3.48. The third-order valence-electron chi connectivity index (χ3n) is 9.49. The van der Waals surface area contributed by atoms with Gasteiger partial charge in [0.1, 0.15) is 5.65 Å². The number of aromatic nitrogens is 2. The second kappa shape index (κ2) is 6.73. The molecule has 0 amide bonds. The van der Waals surface area contributed by atoms with E-state index in [-0.39, 0.29) is 5.56 Å². The van der Waals surface area contributed by atoms with Crippen LogP contribution in [-0.2, 0) is 0 Å². The Kier molecular flexibility index (Phi) is 3.86. The zero-order chi connectivity index (χ0) is 27.6. The summed E-state index contributed by atoms with van der Waals surface area (Å²) in [5, 5.41) is 17.9. The van der Waals surface area contributed by atoms with E-state index >= 15 is 0 Å². The zero-order valence-electron chi connectivity index (χ0n) is 24.0. The van der Waals surface area contributed by atoms with E-state index in [2.05, 4.69) is 101 Å². The highest BCUT2D eigenvalue weighted by molar-refractivity contribution is 6.91. The van der Waals surface area contributed by atoms with Crippen molar-refractivity contribution >= 4 is 108 Å². The molecule has 5 heteroatoms. The van der Waals surface area contributed by atoms with Gasteiger partial charge in [0.05, 0.1) is 32.6 Å². The van der Waals surface area contributed by atoms with E-state index in [0.29, 0.717) is 0 Å². The van der Waals surface area contributed by atoms with E-state index in [1.165, 1.54) is 58.8 Å². The molecule has 0 N–H and O–H groups in total. The number of fused-ring (bicyclic) bond motifs is 7. The first kappa shape index (κ1) is 23.0. The van der Waals surface area contributed by atoms with Crippen molar-refractivity contribution in [1.82, 2.24) is 9.38 Å². The number of rotatable bonds is 2. The summed E-state index contributed by atoms with van der Waals surface area (Å²) in [5.74, 6) is 0. The minimum Gasteiger partial charge on any atom is -0.268 e. The van der Waals surface area contributed by atoms with Crippen LogP contribution in [0.25, 0.3) is 81.3 Å². The smallest absolute Gasteiger partial charge is 0.265 e. The largest absolute Gasteiger partial charge is 0.268 e. The van der Waals surface area contributed by atoms with Gasteiger partial charge < -0.3 is 0 Å². The van der Waals surface area contributed by atoms with Crippen LogP contribution in [0.2, 0.25) is 39.3 Å². The summed E-state index contributed by atoms with van der Waals surface area (Å²) in [6.07, 6.45) is 0. The molecule has 40 heavy (non-hydrogen) atoms. The molecule has 194 valence electrons. The van der Waals surface area contributed by atoms with Crippen LogP contribution in [0, 0.1) is 6.92 Å². The lowest BCUT2D eigenvalue weighted by Gasteiger charge is -2.21. The molecule has 0 fully saturated rings. The van der Waals surface area contributed by atoms with Gasteiger partial charge in [0.2, 0.25) is 0 Å². The fourth-order valence-corrected chi connectivity index (χ4v) is 11.0. The van der Waals surface area contributed by atoms with Gasteiger partial charge in [-0.15, -0.1) is 0 Å². The van der Waals surface area contributed by atoms with Crippen LogP contribution in [-0.4, -0.2) is 25.5 Å². The minimum atomic E-state index is -1.75. The number of hydrogen-bond acceptors (Lipinski definition) is 2. The molecule has 0 aliphatic heterocycles. The summed E-state index contributed by atoms with van der Waals surface area (Å²) in [5.41, 5.74) is 3.83. The molecule has 0 aliphatic carbocycles. The average molecular weight is 551 g/mol. The molecule has 0 unspecified atom stereocenters. The highest BCUT2D eigenvalue weighted by Crippen LogP contribution is 2.50. The van der Waals surface area contributed by atoms with Crippen LogP contribution in [0.5, 0.6) is 0 Å². The number of aryl methyl sites for hydroxylation is 1. The third kappa shape index (κ3) is 2.48. The van der Waals surface area contributed by atoms with Crippen molar-refractivity contribution in [3.8, 4) is 0 Å². The van der Waals surface area contributed by atoms with Crippen molar-refractivity contribution in [3.05, 3.63) is 70.5 Å². The second-order valence-electron chi connectivity index (χ2n) is 14.1. The van der Waals surface area contributed by atoms with Crippen LogP contribution >= 0.6 is 0 Å². The first-order chi connectivity index (χ1) is 18.9. The van der Waals surface area contributed by atoms with Crippen molar-refractivity contribution in [1.29, 1.82) is 0 Å². The van der Waals surface area contributed by atoms with Crippen molar-refractivity contribution < 1.29 is 0 Å². The van der Waals surface area contributed by atoms with Crippen LogP contribution in [0.3, 0.4) is 0 Å². The van der Waals surface area contributed by atoms with Crippen LogP contribution in [0.4, 0.5) is 0 Å². The maximum atomic E-state index is 14.6. The molecule has 2 aromatic heterocycles. The van der Waals surface area contributed by atoms with Crippen LogP contribution in [0.15, 0.2) is 59.4 Å². The zero-order valence-corrected chi connectivity index (χ0v) is 26.0. The van der Waals surface area contributed by atoms with Gasteiger partial charge in [-0.05, 0) is 78.5 Å². The van der Waals surface area contributed by atoms with Crippen molar-refractivity contribution in [2.24, 2.45) is 0 Å². The lowest BCUT2D eigenvalue weighted by molar-refractivity contribution is 1.21. The Labute approximate surface area is 233 Å². The Morgan fingerprint density at radius 1 is 0.600 bits per heavy atom. The monoisotopic (exact) mass is 550 g/mol. The first-order valence-electron chi connectivity index (χ1n) is 14.3. The molecule has 0 saturated carbocycles. The van der Waals surface area contributed by atoms with Crippen molar-refractivity contribution in [2.45, 2.75) is 46.2 Å². The number of hydrogen-bond donors (Lipinski definition) is 0. The second-order valence-corrected chi connectivity index (χ2v) is 24.2. The SMILES string of the molecule is Cc1ccc2c(c1)nc1c3c4cc([Si](C)(C)C)c5ccc6ccc7c([Si](C)(C)C)cc(c3c(=O)n21)c1c7c6c5c41. The van der Waals surface area contributed by atoms with E-state index in [1.807, 2.05) is 4.40 Å². The molecule has 9 aromatic rings. The molecule has 0 saturated heterocycles. The first-order valence-corrected chi connectivity index (χ1v) is 21.3. The molecule has 2 heterocycles. The maximum absolute atomic E-state index is 14.6. The van der Waals surface area contributed by atoms with E-state index in [1.54, 1.807) is 0 Å². The fraction of sp³-hybridized carbons (Fsp3) is 0.200. The molecule has 0 atom stereocenters. The topological polar surface area (TPSA) is 34.4 Å².